The van der Waals surface area contributed by atoms with Gasteiger partial charge in [0, 0.05) is 18.4 Å². The van der Waals surface area contributed by atoms with Gasteiger partial charge in [0.1, 0.15) is 5.41 Å². The second-order valence-corrected chi connectivity index (χ2v) is 5.69. The van der Waals surface area contributed by atoms with Gasteiger partial charge in [-0.2, -0.15) is 5.26 Å². The Morgan fingerprint density at radius 3 is 2.65 bits per heavy atom. The number of nitrogens with zero attached hydrogens (tertiary/aromatic N) is 1. The van der Waals surface area contributed by atoms with Gasteiger partial charge in [0.15, 0.2) is 11.6 Å². The number of Topliss-reactive ketones (excluding diaryl/α,β-unsaturated/α-hetero) is 2. The van der Waals surface area contributed by atoms with Gasteiger partial charge >= 0.3 is 0 Å². The van der Waals surface area contributed by atoms with Gasteiger partial charge in [-0.15, -0.1) is 0 Å². The van der Waals surface area contributed by atoms with Crippen molar-refractivity contribution in [1.82, 2.24) is 0 Å². The van der Waals surface area contributed by atoms with Gasteiger partial charge in [-0.05, 0) is 50.3 Å². The molecule has 0 amide bonds. The van der Waals surface area contributed by atoms with E-state index >= 15 is 0 Å². The van der Waals surface area contributed by atoms with Gasteiger partial charge in [-0.25, -0.2) is 0 Å². The molecule has 0 heterocycles. The minimum Gasteiger partial charge on any atom is -0.298 e. The molecule has 3 heteroatoms. The molecule has 0 aromatic heterocycles. The molecule has 1 aliphatic carbocycles. The first kappa shape index (κ1) is 14.5. The number of nitriles is 1. The van der Waals surface area contributed by atoms with Crippen molar-refractivity contribution in [3.05, 3.63) is 34.9 Å². The zero-order valence-electron chi connectivity index (χ0n) is 12.0. The van der Waals surface area contributed by atoms with E-state index in [-0.39, 0.29) is 18.0 Å². The summed E-state index contributed by atoms with van der Waals surface area (Å²) in [4.78, 5) is 24.1. The zero-order valence-corrected chi connectivity index (χ0v) is 12.0. The summed E-state index contributed by atoms with van der Waals surface area (Å²) >= 11 is 0. The van der Waals surface area contributed by atoms with E-state index in [1.807, 2.05) is 32.0 Å². The number of hydrogen-bond acceptors (Lipinski definition) is 3. The van der Waals surface area contributed by atoms with Crippen LogP contribution in [0, 0.1) is 30.6 Å². The molecule has 0 radical (unpaired) electrons. The molecule has 1 aliphatic rings. The van der Waals surface area contributed by atoms with Gasteiger partial charge in [-0.1, -0.05) is 12.1 Å². The zero-order chi connectivity index (χ0) is 14.8. The van der Waals surface area contributed by atoms with E-state index in [1.54, 1.807) is 0 Å². The van der Waals surface area contributed by atoms with E-state index in [0.29, 0.717) is 24.8 Å². The topological polar surface area (TPSA) is 57.9 Å². The smallest absolute Gasteiger partial charge is 0.162 e. The van der Waals surface area contributed by atoms with Crippen molar-refractivity contribution in [3.63, 3.8) is 0 Å². The molecular weight excluding hydrogens is 250 g/mol. The maximum absolute atomic E-state index is 12.2. The number of ketones is 2. The molecule has 0 saturated heterocycles. The summed E-state index contributed by atoms with van der Waals surface area (Å²) < 4.78 is 0. The lowest BCUT2D eigenvalue weighted by molar-refractivity contribution is -0.123. The fourth-order valence-electron chi connectivity index (χ4n) is 2.75. The Morgan fingerprint density at radius 2 is 2.10 bits per heavy atom. The average Bonchev–Trinajstić information content (AvgIpc) is 2.81. The molecule has 0 N–H and O–H groups in total. The summed E-state index contributed by atoms with van der Waals surface area (Å²) in [6, 6.07) is 7.79. The lowest BCUT2D eigenvalue weighted by Crippen LogP contribution is -2.24. The predicted octanol–water partition coefficient (Wildman–Crippen LogP) is 3.53. The van der Waals surface area contributed by atoms with Crippen LogP contribution in [0.5, 0.6) is 0 Å². The summed E-state index contributed by atoms with van der Waals surface area (Å²) in [5.74, 6) is 0.0234. The number of aryl methyl sites for hydroxylation is 2. The summed E-state index contributed by atoms with van der Waals surface area (Å²) in [6.45, 7) is 3.98. The standard InChI is InChI=1S/C17H19NO2/c1-12-5-6-14(10-13(12)2)15(19)7-9-17(11-18)8-3-4-16(17)20/h5-6,10H,3-4,7-9H2,1-2H3/t17-/m1/s1. The van der Waals surface area contributed by atoms with Crippen molar-refractivity contribution in [2.75, 3.05) is 0 Å². The molecule has 1 saturated carbocycles. The number of hydrogen-bond donors (Lipinski definition) is 0. The second-order valence-electron chi connectivity index (χ2n) is 5.69. The highest BCUT2D eigenvalue weighted by Gasteiger charge is 2.42. The number of benzene rings is 1. The molecule has 1 aromatic carbocycles. The second kappa shape index (κ2) is 5.58. The largest absolute Gasteiger partial charge is 0.298 e. The van der Waals surface area contributed by atoms with Crippen LogP contribution in [0.1, 0.15) is 53.6 Å². The normalized spacial score (nSPS) is 21.8. The van der Waals surface area contributed by atoms with Crippen LogP contribution in [0.25, 0.3) is 0 Å². The Bertz CT molecular complexity index is 597. The van der Waals surface area contributed by atoms with Crippen molar-refractivity contribution >= 4 is 11.6 Å². The quantitative estimate of drug-likeness (QED) is 0.786. The summed E-state index contributed by atoms with van der Waals surface area (Å²) in [5, 5.41) is 9.27. The first-order chi connectivity index (χ1) is 9.48. The maximum atomic E-state index is 12.2. The van der Waals surface area contributed by atoms with Gasteiger partial charge in [0.2, 0.25) is 0 Å². The van der Waals surface area contributed by atoms with Gasteiger partial charge in [-0.3, -0.25) is 9.59 Å². The van der Waals surface area contributed by atoms with Gasteiger partial charge < -0.3 is 0 Å². The molecule has 1 atom stereocenters. The van der Waals surface area contributed by atoms with Gasteiger partial charge in [0.05, 0.1) is 6.07 Å². The Morgan fingerprint density at radius 1 is 1.35 bits per heavy atom. The molecule has 104 valence electrons. The number of rotatable bonds is 4. The molecule has 0 spiro atoms. The van der Waals surface area contributed by atoms with E-state index in [1.165, 1.54) is 0 Å². The molecule has 2 rings (SSSR count). The highest BCUT2D eigenvalue weighted by atomic mass is 16.1. The van der Waals surface area contributed by atoms with Crippen LogP contribution in [-0.4, -0.2) is 11.6 Å². The average molecular weight is 269 g/mol. The fraction of sp³-hybridized carbons (Fsp3) is 0.471. The van der Waals surface area contributed by atoms with E-state index < -0.39 is 5.41 Å². The van der Waals surface area contributed by atoms with Gasteiger partial charge in [0.25, 0.3) is 0 Å². The molecule has 0 aliphatic heterocycles. The molecule has 20 heavy (non-hydrogen) atoms. The third kappa shape index (κ3) is 2.65. The minimum absolute atomic E-state index is 0.00730. The van der Waals surface area contributed by atoms with Crippen molar-refractivity contribution in [2.24, 2.45) is 5.41 Å². The third-order valence-electron chi connectivity index (χ3n) is 4.36. The van der Waals surface area contributed by atoms with Crippen molar-refractivity contribution in [3.8, 4) is 6.07 Å². The summed E-state index contributed by atoms with van der Waals surface area (Å²) in [6.07, 6.45) is 2.47. The van der Waals surface area contributed by atoms with Crippen LogP contribution in [0.4, 0.5) is 0 Å². The highest BCUT2D eigenvalue weighted by molar-refractivity contribution is 5.97. The molecule has 0 unspecified atom stereocenters. The molecule has 3 nitrogen and oxygen atoms in total. The minimum atomic E-state index is -0.907. The van der Waals surface area contributed by atoms with E-state index in [9.17, 15) is 14.9 Å². The lowest BCUT2D eigenvalue weighted by atomic mass is 9.81. The Hall–Kier alpha value is -1.95. The van der Waals surface area contributed by atoms with Crippen LogP contribution in [0.15, 0.2) is 18.2 Å². The van der Waals surface area contributed by atoms with Crippen LogP contribution in [0.2, 0.25) is 0 Å². The summed E-state index contributed by atoms with van der Waals surface area (Å²) in [7, 11) is 0. The fourth-order valence-corrected chi connectivity index (χ4v) is 2.75. The monoisotopic (exact) mass is 269 g/mol. The molecular formula is C17H19NO2. The van der Waals surface area contributed by atoms with Crippen molar-refractivity contribution in [1.29, 1.82) is 5.26 Å². The highest BCUT2D eigenvalue weighted by Crippen LogP contribution is 2.38. The molecule has 1 fully saturated rings. The molecule has 0 bridgehead atoms. The first-order valence-corrected chi connectivity index (χ1v) is 7.03. The van der Waals surface area contributed by atoms with E-state index in [0.717, 1.165) is 17.5 Å². The molecule has 1 aromatic rings. The Kier molecular flexibility index (Phi) is 4.04. The predicted molar refractivity (Wildman–Crippen MR) is 76.4 cm³/mol. The number of carbonyl (C=O) groups excluding carboxylic acids is 2. The Labute approximate surface area is 119 Å². The van der Waals surface area contributed by atoms with Crippen LogP contribution >= 0.6 is 0 Å². The Balaban J connectivity index is 2.07. The SMILES string of the molecule is Cc1ccc(C(=O)CC[C@@]2(C#N)CCCC2=O)cc1C. The van der Waals surface area contributed by atoms with Crippen molar-refractivity contribution < 1.29 is 9.59 Å². The van der Waals surface area contributed by atoms with Crippen LogP contribution in [-0.2, 0) is 4.79 Å². The van der Waals surface area contributed by atoms with Crippen LogP contribution < -0.4 is 0 Å². The van der Waals surface area contributed by atoms with E-state index in [2.05, 4.69) is 6.07 Å². The third-order valence-corrected chi connectivity index (χ3v) is 4.36. The van der Waals surface area contributed by atoms with E-state index in [4.69, 9.17) is 0 Å². The lowest BCUT2D eigenvalue weighted by Gasteiger charge is -2.17. The maximum Gasteiger partial charge on any atom is 0.162 e. The van der Waals surface area contributed by atoms with Crippen LogP contribution in [0.3, 0.4) is 0 Å². The van der Waals surface area contributed by atoms with Crippen molar-refractivity contribution in [2.45, 2.75) is 46.0 Å². The number of carbonyl (C=O) groups is 2. The first-order valence-electron chi connectivity index (χ1n) is 7.03. The summed E-state index contributed by atoms with van der Waals surface area (Å²) in [5.41, 5.74) is 2.01.